The van der Waals surface area contributed by atoms with Gasteiger partial charge in [0.15, 0.2) is 0 Å². The van der Waals surface area contributed by atoms with Gasteiger partial charge in [0.1, 0.15) is 0 Å². The molecule has 5 nitrogen and oxygen atoms in total. The first-order chi connectivity index (χ1) is 12.3. The van der Waals surface area contributed by atoms with E-state index in [1.807, 2.05) is 11.4 Å². The Morgan fingerprint density at radius 1 is 1.31 bits per heavy atom. The van der Waals surface area contributed by atoms with E-state index in [1.54, 1.807) is 36.9 Å². The minimum atomic E-state index is -3.68. The second kappa shape index (κ2) is 9.75. The van der Waals surface area contributed by atoms with E-state index < -0.39 is 10.0 Å². The number of thiophene rings is 1. The molecule has 0 fully saturated rings. The maximum atomic E-state index is 12.3. The summed E-state index contributed by atoms with van der Waals surface area (Å²) in [5, 5.41) is 5.04. The molecule has 1 heterocycles. The number of sulfonamides is 1. The molecule has 142 valence electrons. The predicted octanol–water partition coefficient (Wildman–Crippen LogP) is 3.75. The molecule has 0 spiro atoms. The van der Waals surface area contributed by atoms with Crippen molar-refractivity contribution in [3.8, 4) is 0 Å². The van der Waals surface area contributed by atoms with E-state index in [1.165, 1.54) is 23.1 Å². The van der Waals surface area contributed by atoms with Crippen LogP contribution in [0.25, 0.3) is 0 Å². The van der Waals surface area contributed by atoms with Crippen LogP contribution in [0.15, 0.2) is 40.6 Å². The number of hydrogen-bond acceptors (Lipinski definition) is 5. The summed E-state index contributed by atoms with van der Waals surface area (Å²) in [6.07, 6.45) is 0. The van der Waals surface area contributed by atoms with Crippen LogP contribution in [0.3, 0.4) is 0 Å². The van der Waals surface area contributed by atoms with E-state index in [2.05, 4.69) is 16.1 Å². The number of nitrogens with one attached hydrogen (secondary N) is 2. The van der Waals surface area contributed by atoms with E-state index >= 15 is 0 Å². The second-order valence-corrected chi connectivity index (χ2v) is 10.1. The van der Waals surface area contributed by atoms with Crippen molar-refractivity contribution >= 4 is 50.6 Å². The summed E-state index contributed by atoms with van der Waals surface area (Å²) in [6, 6.07) is 7.97. The van der Waals surface area contributed by atoms with Gasteiger partial charge < -0.3 is 5.32 Å². The quantitative estimate of drug-likeness (QED) is 0.591. The van der Waals surface area contributed by atoms with Crippen LogP contribution in [-0.4, -0.2) is 32.7 Å². The second-order valence-electron chi connectivity index (χ2n) is 5.81. The van der Waals surface area contributed by atoms with Gasteiger partial charge in [0, 0.05) is 29.0 Å². The zero-order valence-corrected chi connectivity index (χ0v) is 17.7. The van der Waals surface area contributed by atoms with Gasteiger partial charge >= 0.3 is 0 Å². The third-order valence-electron chi connectivity index (χ3n) is 3.24. The first-order valence-corrected chi connectivity index (χ1v) is 11.9. The standard InChI is InChI=1S/C17H21ClN2O3S3/c1-12(2)20-26(22,23)14-5-6-16(18)15(10-14)17(21)19-7-9-24-11-13-4-3-8-25-13/h3-6,8,10,12,20H,7,9,11H2,1-2H3,(H,19,21). The molecule has 9 heteroatoms. The Balaban J connectivity index is 1.94. The lowest BCUT2D eigenvalue weighted by atomic mass is 10.2. The number of rotatable bonds is 9. The van der Waals surface area contributed by atoms with Crippen molar-refractivity contribution in [1.29, 1.82) is 0 Å². The number of halogens is 1. The molecule has 26 heavy (non-hydrogen) atoms. The van der Waals surface area contributed by atoms with Gasteiger partial charge in [-0.25, -0.2) is 13.1 Å². The number of thioether (sulfide) groups is 1. The van der Waals surface area contributed by atoms with Crippen molar-refractivity contribution in [2.75, 3.05) is 12.3 Å². The van der Waals surface area contributed by atoms with Gasteiger partial charge in [0.2, 0.25) is 10.0 Å². The maximum Gasteiger partial charge on any atom is 0.252 e. The predicted molar refractivity (Wildman–Crippen MR) is 110 cm³/mol. The summed E-state index contributed by atoms with van der Waals surface area (Å²) >= 11 is 9.50. The number of amides is 1. The molecule has 1 amide bonds. The third kappa shape index (κ3) is 6.28. The van der Waals surface area contributed by atoms with Gasteiger partial charge in [0.25, 0.3) is 5.91 Å². The summed E-state index contributed by atoms with van der Waals surface area (Å²) in [6.45, 7) is 3.94. The minimum Gasteiger partial charge on any atom is -0.351 e. The molecule has 2 rings (SSSR count). The van der Waals surface area contributed by atoms with Gasteiger partial charge in [-0.2, -0.15) is 11.8 Å². The molecule has 0 bridgehead atoms. The molecule has 0 aliphatic rings. The summed E-state index contributed by atoms with van der Waals surface area (Å²) in [4.78, 5) is 13.7. The Kier molecular flexibility index (Phi) is 7.97. The number of hydrogen-bond donors (Lipinski definition) is 2. The third-order valence-corrected chi connectivity index (χ3v) is 7.29. The van der Waals surface area contributed by atoms with E-state index in [9.17, 15) is 13.2 Å². The van der Waals surface area contributed by atoms with Crippen LogP contribution in [0, 0.1) is 0 Å². The van der Waals surface area contributed by atoms with Gasteiger partial charge in [0.05, 0.1) is 15.5 Å². The molecule has 0 aliphatic carbocycles. The van der Waals surface area contributed by atoms with Crippen molar-refractivity contribution < 1.29 is 13.2 Å². The van der Waals surface area contributed by atoms with E-state index in [0.29, 0.717) is 6.54 Å². The molecular formula is C17H21ClN2O3S3. The average Bonchev–Trinajstić information content (AvgIpc) is 3.06. The van der Waals surface area contributed by atoms with E-state index in [0.717, 1.165) is 11.5 Å². The average molecular weight is 433 g/mol. The van der Waals surface area contributed by atoms with Gasteiger partial charge in [-0.3, -0.25) is 4.79 Å². The van der Waals surface area contributed by atoms with Crippen molar-refractivity contribution in [2.45, 2.75) is 30.5 Å². The fourth-order valence-corrected chi connectivity index (χ4v) is 5.30. The zero-order chi connectivity index (χ0) is 19.2. The largest absolute Gasteiger partial charge is 0.351 e. The molecule has 0 radical (unpaired) electrons. The molecule has 1 aromatic carbocycles. The first kappa shape index (κ1) is 21.2. The highest BCUT2D eigenvalue weighted by atomic mass is 35.5. The normalized spacial score (nSPS) is 11.7. The van der Waals surface area contributed by atoms with Crippen LogP contribution in [0.5, 0.6) is 0 Å². The Bertz CT molecular complexity index is 837. The van der Waals surface area contributed by atoms with Crippen LogP contribution in [0.2, 0.25) is 5.02 Å². The highest BCUT2D eigenvalue weighted by Crippen LogP contribution is 2.21. The van der Waals surface area contributed by atoms with Crippen molar-refractivity contribution in [2.24, 2.45) is 0 Å². The molecule has 0 unspecified atom stereocenters. The Morgan fingerprint density at radius 2 is 2.08 bits per heavy atom. The van der Waals surface area contributed by atoms with Crippen LogP contribution >= 0.6 is 34.7 Å². The lowest BCUT2D eigenvalue weighted by molar-refractivity contribution is 0.0956. The van der Waals surface area contributed by atoms with Crippen LogP contribution < -0.4 is 10.0 Å². The molecule has 2 N–H and O–H groups in total. The number of benzene rings is 1. The number of carbonyl (C=O) groups is 1. The molecule has 0 atom stereocenters. The Morgan fingerprint density at radius 3 is 2.73 bits per heavy atom. The van der Waals surface area contributed by atoms with Crippen LogP contribution in [0.4, 0.5) is 0 Å². The van der Waals surface area contributed by atoms with Crippen molar-refractivity contribution in [3.63, 3.8) is 0 Å². The van der Waals surface area contributed by atoms with Gasteiger partial charge in [-0.1, -0.05) is 17.7 Å². The molecule has 0 aliphatic heterocycles. The van der Waals surface area contributed by atoms with Crippen molar-refractivity contribution in [1.82, 2.24) is 10.0 Å². The van der Waals surface area contributed by atoms with Gasteiger partial charge in [-0.05, 0) is 43.5 Å². The topological polar surface area (TPSA) is 75.3 Å². The van der Waals surface area contributed by atoms with Gasteiger partial charge in [-0.15, -0.1) is 11.3 Å². The molecule has 1 aromatic heterocycles. The van der Waals surface area contributed by atoms with Crippen LogP contribution in [0.1, 0.15) is 29.1 Å². The monoisotopic (exact) mass is 432 g/mol. The molecule has 0 saturated carbocycles. The van der Waals surface area contributed by atoms with E-state index in [4.69, 9.17) is 11.6 Å². The fourth-order valence-electron chi connectivity index (χ4n) is 2.12. The zero-order valence-electron chi connectivity index (χ0n) is 14.5. The summed E-state index contributed by atoms with van der Waals surface area (Å²) in [5.41, 5.74) is 0.154. The minimum absolute atomic E-state index is 0.0211. The number of carbonyl (C=O) groups excluding carboxylic acids is 1. The lowest BCUT2D eigenvalue weighted by Gasteiger charge is -2.12. The fraction of sp³-hybridized carbons (Fsp3) is 0.353. The Labute approximate surface area is 167 Å². The van der Waals surface area contributed by atoms with E-state index in [-0.39, 0.29) is 27.4 Å². The highest BCUT2D eigenvalue weighted by molar-refractivity contribution is 7.98. The molecule has 2 aromatic rings. The summed E-state index contributed by atoms with van der Waals surface area (Å²) < 4.78 is 27.0. The Hall–Kier alpha value is -1.06. The SMILES string of the molecule is CC(C)NS(=O)(=O)c1ccc(Cl)c(C(=O)NCCSCc2cccs2)c1. The van der Waals surface area contributed by atoms with Crippen LogP contribution in [-0.2, 0) is 15.8 Å². The summed E-state index contributed by atoms with van der Waals surface area (Å²) in [5.74, 6) is 1.28. The molecule has 0 saturated heterocycles. The lowest BCUT2D eigenvalue weighted by Crippen LogP contribution is -2.31. The smallest absolute Gasteiger partial charge is 0.252 e. The first-order valence-electron chi connectivity index (χ1n) is 8.00. The molecular weight excluding hydrogens is 412 g/mol. The summed E-state index contributed by atoms with van der Waals surface area (Å²) in [7, 11) is -3.68. The maximum absolute atomic E-state index is 12.3. The van der Waals surface area contributed by atoms with Crippen molar-refractivity contribution in [3.05, 3.63) is 51.2 Å². The highest BCUT2D eigenvalue weighted by Gasteiger charge is 2.19.